The molecule has 35 heavy (non-hydrogen) atoms. The van der Waals surface area contributed by atoms with Gasteiger partial charge in [0.2, 0.25) is 5.91 Å². The second kappa shape index (κ2) is 9.13. The fourth-order valence-electron chi connectivity index (χ4n) is 4.70. The smallest absolute Gasteiger partial charge is 0.264 e. The summed E-state index contributed by atoms with van der Waals surface area (Å²) >= 11 is 0. The van der Waals surface area contributed by atoms with Crippen molar-refractivity contribution in [3.8, 4) is 11.5 Å². The van der Waals surface area contributed by atoms with E-state index in [1.807, 2.05) is 10.8 Å². The predicted molar refractivity (Wildman–Crippen MR) is 126 cm³/mol. The van der Waals surface area contributed by atoms with Gasteiger partial charge in [-0.1, -0.05) is 18.2 Å². The summed E-state index contributed by atoms with van der Waals surface area (Å²) in [6, 6.07) is 10.4. The Morgan fingerprint density at radius 2 is 1.91 bits per heavy atom. The Balaban J connectivity index is 1.44. The van der Waals surface area contributed by atoms with Gasteiger partial charge in [0.25, 0.3) is 11.8 Å². The molecule has 1 N–H and O–H groups in total. The molecule has 5 rings (SSSR count). The molecule has 1 atom stereocenters. The van der Waals surface area contributed by atoms with Crippen molar-refractivity contribution in [2.45, 2.75) is 19.1 Å². The van der Waals surface area contributed by atoms with Crippen molar-refractivity contribution in [2.24, 2.45) is 0 Å². The van der Waals surface area contributed by atoms with Gasteiger partial charge in [-0.2, -0.15) is 0 Å². The van der Waals surface area contributed by atoms with Crippen LogP contribution in [-0.4, -0.2) is 59.5 Å². The molecule has 10 heteroatoms. The zero-order chi connectivity index (χ0) is 24.5. The van der Waals surface area contributed by atoms with Gasteiger partial charge in [0.05, 0.1) is 37.4 Å². The topological polar surface area (TPSA) is 106 Å². The van der Waals surface area contributed by atoms with Gasteiger partial charge in [-0.05, 0) is 24.6 Å². The molecule has 0 spiro atoms. The second-order valence-corrected chi connectivity index (χ2v) is 8.27. The first-order valence-corrected chi connectivity index (χ1v) is 11.3. The number of methoxy groups -OCH3 is 2. The molecule has 0 fully saturated rings. The maximum Gasteiger partial charge on any atom is 0.264 e. The number of amides is 3. The first-order valence-electron chi connectivity index (χ1n) is 11.3. The molecule has 2 aromatic carbocycles. The number of nitrogens with one attached hydrogen (secondary N) is 1. The lowest BCUT2D eigenvalue weighted by Crippen LogP contribution is -2.51. The van der Waals surface area contributed by atoms with Crippen LogP contribution < -0.4 is 19.7 Å². The number of benzene rings is 2. The van der Waals surface area contributed by atoms with Crippen molar-refractivity contribution < 1.29 is 23.9 Å². The molecule has 2 aliphatic heterocycles. The highest BCUT2D eigenvalue weighted by atomic mass is 16.5. The van der Waals surface area contributed by atoms with Crippen molar-refractivity contribution in [3.05, 3.63) is 71.8 Å². The molecule has 180 valence electrons. The number of para-hydroxylation sites is 1. The number of fused-ring (bicyclic) bond motifs is 5. The third-order valence-electron chi connectivity index (χ3n) is 6.27. The van der Waals surface area contributed by atoms with Crippen LogP contribution in [0.4, 0.5) is 5.69 Å². The molecule has 3 heterocycles. The van der Waals surface area contributed by atoms with Crippen LogP contribution in [0.1, 0.15) is 38.9 Å². The summed E-state index contributed by atoms with van der Waals surface area (Å²) in [4.78, 5) is 47.0. The van der Waals surface area contributed by atoms with Gasteiger partial charge >= 0.3 is 0 Å². The molecule has 0 radical (unpaired) electrons. The number of aryl methyl sites for hydroxylation is 1. The number of hydrogen-bond donors (Lipinski definition) is 1. The van der Waals surface area contributed by atoms with E-state index in [4.69, 9.17) is 9.47 Å². The standard InChI is InChI=1S/C25H25N5O5/c1-34-19-9-8-17-21(22(19)35-2)25(33)30-18-7-4-3-6-16(18)24(32)29(23(17)30)14-20(31)27-10-5-12-28-13-11-26-15-28/h3-4,6-9,11,13,15,23H,5,10,12,14H2,1-2H3,(H,27,31)/t23-/m0/s1. The Morgan fingerprint density at radius 3 is 2.66 bits per heavy atom. The van der Waals surface area contributed by atoms with Crippen LogP contribution in [0.15, 0.2) is 55.1 Å². The van der Waals surface area contributed by atoms with E-state index in [0.29, 0.717) is 46.8 Å². The van der Waals surface area contributed by atoms with E-state index >= 15 is 0 Å². The lowest BCUT2D eigenvalue weighted by atomic mass is 10.0. The van der Waals surface area contributed by atoms with E-state index < -0.39 is 6.17 Å². The molecule has 0 saturated heterocycles. The summed E-state index contributed by atoms with van der Waals surface area (Å²) in [6.07, 6.45) is 5.23. The number of carbonyl (C=O) groups is 3. The van der Waals surface area contributed by atoms with E-state index in [1.54, 1.807) is 53.8 Å². The summed E-state index contributed by atoms with van der Waals surface area (Å²) < 4.78 is 12.8. The van der Waals surface area contributed by atoms with Crippen molar-refractivity contribution >= 4 is 23.4 Å². The van der Waals surface area contributed by atoms with Crippen LogP contribution in [0.3, 0.4) is 0 Å². The molecular weight excluding hydrogens is 450 g/mol. The zero-order valence-electron chi connectivity index (χ0n) is 19.4. The Labute approximate surface area is 202 Å². The zero-order valence-corrected chi connectivity index (χ0v) is 19.4. The average molecular weight is 476 g/mol. The summed E-state index contributed by atoms with van der Waals surface area (Å²) in [6.45, 7) is 0.973. The lowest BCUT2D eigenvalue weighted by molar-refractivity contribution is -0.122. The van der Waals surface area contributed by atoms with Crippen molar-refractivity contribution in [2.75, 3.05) is 32.2 Å². The monoisotopic (exact) mass is 475 g/mol. The van der Waals surface area contributed by atoms with Crippen LogP contribution >= 0.6 is 0 Å². The van der Waals surface area contributed by atoms with Crippen molar-refractivity contribution in [1.82, 2.24) is 19.8 Å². The molecule has 0 saturated carbocycles. The average Bonchev–Trinajstić information content (AvgIpc) is 3.50. The highest BCUT2D eigenvalue weighted by Gasteiger charge is 2.50. The van der Waals surface area contributed by atoms with E-state index in [1.165, 1.54) is 19.1 Å². The summed E-state index contributed by atoms with van der Waals surface area (Å²) in [7, 11) is 2.97. The molecule has 3 aromatic rings. The number of carbonyl (C=O) groups excluding carboxylic acids is 3. The van der Waals surface area contributed by atoms with Gasteiger partial charge in [-0.3, -0.25) is 19.3 Å². The lowest BCUT2D eigenvalue weighted by Gasteiger charge is -2.40. The van der Waals surface area contributed by atoms with E-state index in [-0.39, 0.29) is 24.3 Å². The maximum atomic E-state index is 13.6. The number of rotatable bonds is 8. The fraction of sp³-hybridized carbons (Fsp3) is 0.280. The fourth-order valence-corrected chi connectivity index (χ4v) is 4.70. The Hall–Kier alpha value is -4.34. The Morgan fingerprint density at radius 1 is 1.09 bits per heavy atom. The molecule has 0 unspecified atom stereocenters. The van der Waals surface area contributed by atoms with Crippen molar-refractivity contribution in [1.29, 1.82) is 0 Å². The number of ether oxygens (including phenoxy) is 2. The Kier molecular flexibility index (Phi) is 5.86. The quantitative estimate of drug-likeness (QED) is 0.501. The summed E-state index contributed by atoms with van der Waals surface area (Å²) in [5.74, 6) is -0.207. The highest BCUT2D eigenvalue weighted by Crippen LogP contribution is 2.49. The molecule has 2 aliphatic rings. The minimum atomic E-state index is -0.767. The number of imidazole rings is 1. The summed E-state index contributed by atoms with van der Waals surface area (Å²) in [5.41, 5.74) is 1.78. The normalized spacial score (nSPS) is 16.0. The van der Waals surface area contributed by atoms with E-state index in [2.05, 4.69) is 10.3 Å². The van der Waals surface area contributed by atoms with Crippen LogP contribution in [0.2, 0.25) is 0 Å². The van der Waals surface area contributed by atoms with E-state index in [9.17, 15) is 14.4 Å². The first kappa shape index (κ1) is 22.5. The second-order valence-electron chi connectivity index (χ2n) is 8.27. The Bertz CT molecular complexity index is 1290. The number of hydrogen-bond acceptors (Lipinski definition) is 6. The molecule has 0 aliphatic carbocycles. The molecule has 10 nitrogen and oxygen atoms in total. The van der Waals surface area contributed by atoms with Crippen LogP contribution in [0.5, 0.6) is 11.5 Å². The number of nitrogens with zero attached hydrogens (tertiary/aromatic N) is 4. The third kappa shape index (κ3) is 3.76. The van der Waals surface area contributed by atoms with Gasteiger partial charge < -0.3 is 24.3 Å². The van der Waals surface area contributed by atoms with Crippen molar-refractivity contribution in [3.63, 3.8) is 0 Å². The summed E-state index contributed by atoms with van der Waals surface area (Å²) in [5, 5.41) is 2.88. The SMILES string of the molecule is COc1ccc2c(c1OC)C(=O)N1c3ccccc3C(=O)N(CC(=O)NCCCn3ccnc3)[C@H]21. The minimum absolute atomic E-state index is 0.194. The number of anilines is 1. The largest absolute Gasteiger partial charge is 0.493 e. The van der Waals surface area contributed by atoms with Gasteiger partial charge in [0, 0.05) is 31.0 Å². The first-order chi connectivity index (χ1) is 17.0. The van der Waals surface area contributed by atoms with Gasteiger partial charge in [0.1, 0.15) is 12.7 Å². The molecule has 1 aromatic heterocycles. The van der Waals surface area contributed by atoms with Crippen LogP contribution in [-0.2, 0) is 11.3 Å². The maximum absolute atomic E-state index is 13.6. The molecular formula is C25H25N5O5. The minimum Gasteiger partial charge on any atom is -0.493 e. The van der Waals surface area contributed by atoms with Crippen LogP contribution in [0.25, 0.3) is 0 Å². The third-order valence-corrected chi connectivity index (χ3v) is 6.27. The molecule has 0 bridgehead atoms. The van der Waals surface area contributed by atoms with Gasteiger partial charge in [-0.15, -0.1) is 0 Å². The predicted octanol–water partition coefficient (Wildman–Crippen LogP) is 2.22. The highest BCUT2D eigenvalue weighted by molar-refractivity contribution is 6.18. The molecule has 3 amide bonds. The van der Waals surface area contributed by atoms with Gasteiger partial charge in [0.15, 0.2) is 11.5 Å². The number of aromatic nitrogens is 2. The van der Waals surface area contributed by atoms with E-state index in [0.717, 1.165) is 6.54 Å². The van der Waals surface area contributed by atoms with Crippen LogP contribution in [0, 0.1) is 0 Å². The van der Waals surface area contributed by atoms with Gasteiger partial charge in [-0.25, -0.2) is 4.98 Å².